The van der Waals surface area contributed by atoms with Gasteiger partial charge in [-0.3, -0.25) is 4.74 Å². The smallest absolute Gasteiger partial charge is 0.287 e. The molecule has 0 rings (SSSR count). The second-order valence-corrected chi connectivity index (χ2v) is 3.38. The van der Waals surface area contributed by atoms with Gasteiger partial charge in [0.05, 0.1) is 0 Å². The second-order valence-electron chi connectivity index (χ2n) is 2.42. The third-order valence-corrected chi connectivity index (χ3v) is 1.84. The third kappa shape index (κ3) is 3.49. The van der Waals surface area contributed by atoms with E-state index < -0.39 is 29.4 Å². The highest BCUT2D eigenvalue weighted by molar-refractivity contribution is 6.31. The van der Waals surface area contributed by atoms with Gasteiger partial charge < -0.3 is 0 Å². The zero-order valence-electron chi connectivity index (χ0n) is 6.84. The number of alkyl halides is 10. The summed E-state index contributed by atoms with van der Waals surface area (Å²) in [6.07, 6.45) is -8.99. The zero-order chi connectivity index (χ0) is 13.4. The summed E-state index contributed by atoms with van der Waals surface area (Å²) in [7, 11) is 0. The minimum Gasteiger partial charge on any atom is -0.287 e. The van der Waals surface area contributed by atoms with Gasteiger partial charge in [-0.25, -0.2) is 13.2 Å². The van der Waals surface area contributed by atoms with Crippen molar-refractivity contribution in [2.75, 3.05) is 0 Å². The first kappa shape index (κ1) is 16.0. The molecule has 0 aromatic heterocycles. The van der Waals surface area contributed by atoms with Gasteiger partial charge in [0.1, 0.15) is 0 Å². The summed E-state index contributed by atoms with van der Waals surface area (Å²) in [6, 6.07) is 0. The topological polar surface area (TPSA) is 9.23 Å². The van der Waals surface area contributed by atoms with Crippen LogP contribution in [0.4, 0.5) is 35.1 Å². The summed E-state index contributed by atoms with van der Waals surface area (Å²) >= 11 is 8.06. The molecule has 0 amide bonds. The summed E-state index contributed by atoms with van der Waals surface area (Å²) in [4.78, 5) is 0. The van der Waals surface area contributed by atoms with Gasteiger partial charge in [-0.1, -0.05) is 0 Å². The lowest BCUT2D eigenvalue weighted by atomic mass is 10.3. The highest BCUT2D eigenvalue weighted by Gasteiger charge is 2.61. The van der Waals surface area contributed by atoms with Gasteiger partial charge in [-0.15, -0.1) is 0 Å². The zero-order valence-corrected chi connectivity index (χ0v) is 8.35. The van der Waals surface area contributed by atoms with Crippen LogP contribution < -0.4 is 0 Å². The summed E-state index contributed by atoms with van der Waals surface area (Å²) in [6.45, 7) is 0. The Labute approximate surface area is 93.2 Å². The van der Waals surface area contributed by atoms with Crippen LogP contribution in [0.1, 0.15) is 0 Å². The normalized spacial score (nSPS) is 19.7. The number of rotatable bonds is 5. The average Bonchev–Trinajstić information content (AvgIpc) is 2.00. The van der Waals surface area contributed by atoms with Gasteiger partial charge in [0, 0.05) is 0 Å². The molecule has 11 heteroatoms. The van der Waals surface area contributed by atoms with Crippen molar-refractivity contribution >= 4 is 23.2 Å². The van der Waals surface area contributed by atoms with E-state index in [0.29, 0.717) is 0 Å². The van der Waals surface area contributed by atoms with Gasteiger partial charge in [-0.2, -0.15) is 22.0 Å². The largest absolute Gasteiger partial charge is 0.394 e. The van der Waals surface area contributed by atoms with E-state index in [-0.39, 0.29) is 0 Å². The van der Waals surface area contributed by atoms with Crippen molar-refractivity contribution in [3.63, 3.8) is 0 Å². The van der Waals surface area contributed by atoms with Crippen LogP contribution in [0, 0.1) is 0 Å². The van der Waals surface area contributed by atoms with Crippen LogP contribution in [-0.4, -0.2) is 29.4 Å². The lowest BCUT2D eigenvalue weighted by Gasteiger charge is -2.27. The van der Waals surface area contributed by atoms with E-state index in [1.807, 2.05) is 0 Å². The molecule has 0 bridgehead atoms. The van der Waals surface area contributed by atoms with E-state index >= 15 is 0 Å². The Balaban J connectivity index is 4.76. The molecular formula is C5H2Cl2F8O. The molecule has 0 fully saturated rings. The summed E-state index contributed by atoms with van der Waals surface area (Å²) in [5.74, 6) is -5.51. The Morgan fingerprint density at radius 3 is 1.50 bits per heavy atom. The van der Waals surface area contributed by atoms with Crippen molar-refractivity contribution in [1.82, 2.24) is 0 Å². The lowest BCUT2D eigenvalue weighted by Crippen LogP contribution is -2.47. The molecule has 0 aliphatic carbocycles. The molecule has 0 N–H and O–H groups in total. The Bertz CT molecular complexity index is 239. The Morgan fingerprint density at radius 2 is 1.25 bits per heavy atom. The van der Waals surface area contributed by atoms with Crippen LogP contribution in [-0.2, 0) is 4.74 Å². The van der Waals surface area contributed by atoms with Gasteiger partial charge in [0.2, 0.25) is 0 Å². The standard InChI is InChI=1S/C5H2Cl2F8O/c6-4(13,14)5(7,15)16-2(10)3(11,12)1(8)9/h1-2H. The molecule has 0 saturated carbocycles. The van der Waals surface area contributed by atoms with Gasteiger partial charge >= 0.3 is 23.0 Å². The van der Waals surface area contributed by atoms with Crippen LogP contribution in [0.5, 0.6) is 0 Å². The van der Waals surface area contributed by atoms with Crippen LogP contribution in [0.3, 0.4) is 0 Å². The highest BCUT2D eigenvalue weighted by Crippen LogP contribution is 2.44. The van der Waals surface area contributed by atoms with E-state index in [0.717, 1.165) is 0 Å². The fraction of sp³-hybridized carbons (Fsp3) is 1.00. The Kier molecular flexibility index (Phi) is 4.69. The lowest BCUT2D eigenvalue weighted by molar-refractivity contribution is -0.312. The van der Waals surface area contributed by atoms with Gasteiger partial charge in [0.15, 0.2) is 0 Å². The quantitative estimate of drug-likeness (QED) is 0.553. The third-order valence-electron chi connectivity index (χ3n) is 1.18. The van der Waals surface area contributed by atoms with Crippen LogP contribution in [0.25, 0.3) is 0 Å². The molecule has 2 unspecified atom stereocenters. The SMILES string of the molecule is FC(F)C(F)(F)C(F)OC(F)(Cl)C(F)(F)Cl. The molecule has 0 aromatic rings. The maximum absolute atomic E-state index is 12.5. The van der Waals surface area contributed by atoms with Crippen molar-refractivity contribution in [2.24, 2.45) is 0 Å². The van der Waals surface area contributed by atoms with E-state index in [9.17, 15) is 35.1 Å². The average molecular weight is 301 g/mol. The van der Waals surface area contributed by atoms with E-state index in [1.54, 1.807) is 0 Å². The Hall–Kier alpha value is -0.0200. The molecule has 0 heterocycles. The molecule has 0 saturated heterocycles. The fourth-order valence-electron chi connectivity index (χ4n) is 0.374. The minimum absolute atomic E-state index is 2.65. The summed E-state index contributed by atoms with van der Waals surface area (Å²) in [5, 5.41) is -9.97. The first-order valence-electron chi connectivity index (χ1n) is 3.24. The van der Waals surface area contributed by atoms with Crippen molar-refractivity contribution in [3.8, 4) is 0 Å². The number of hydrogen-bond acceptors (Lipinski definition) is 1. The molecular weight excluding hydrogens is 299 g/mol. The fourth-order valence-corrected chi connectivity index (χ4v) is 0.497. The van der Waals surface area contributed by atoms with Gasteiger partial charge in [-0.05, 0) is 23.2 Å². The van der Waals surface area contributed by atoms with E-state index in [1.165, 1.54) is 0 Å². The monoisotopic (exact) mass is 300 g/mol. The van der Waals surface area contributed by atoms with Gasteiger partial charge in [0.25, 0.3) is 6.36 Å². The molecule has 0 aliphatic heterocycles. The molecule has 0 aromatic carbocycles. The summed E-state index contributed by atoms with van der Waals surface area (Å²) < 4.78 is 98.5. The maximum Gasteiger partial charge on any atom is 0.394 e. The Morgan fingerprint density at radius 1 is 0.875 bits per heavy atom. The molecule has 98 valence electrons. The first-order chi connectivity index (χ1) is 6.82. The number of ether oxygens (including phenoxy) is 1. The highest BCUT2D eigenvalue weighted by atomic mass is 35.5. The predicted molar refractivity (Wildman–Crippen MR) is 37.4 cm³/mol. The molecule has 2 atom stereocenters. The van der Waals surface area contributed by atoms with Crippen LogP contribution >= 0.6 is 23.2 Å². The van der Waals surface area contributed by atoms with Crippen LogP contribution in [0.2, 0.25) is 0 Å². The molecule has 1 nitrogen and oxygen atoms in total. The van der Waals surface area contributed by atoms with Crippen molar-refractivity contribution in [1.29, 1.82) is 0 Å². The van der Waals surface area contributed by atoms with Crippen molar-refractivity contribution in [2.45, 2.75) is 29.4 Å². The van der Waals surface area contributed by atoms with Crippen LogP contribution in [0.15, 0.2) is 0 Å². The summed E-state index contributed by atoms with van der Waals surface area (Å²) in [5.41, 5.74) is 0. The second kappa shape index (κ2) is 4.69. The number of hydrogen-bond donors (Lipinski definition) is 0. The van der Waals surface area contributed by atoms with E-state index in [2.05, 4.69) is 27.9 Å². The van der Waals surface area contributed by atoms with Crippen molar-refractivity contribution < 1.29 is 39.9 Å². The maximum atomic E-state index is 12.5. The van der Waals surface area contributed by atoms with Crippen molar-refractivity contribution in [3.05, 3.63) is 0 Å². The number of halogens is 10. The first-order valence-corrected chi connectivity index (χ1v) is 4.00. The predicted octanol–water partition coefficient (Wildman–Crippen LogP) is 3.89. The molecule has 0 radical (unpaired) electrons. The molecule has 0 aliphatic rings. The molecule has 0 spiro atoms. The molecule has 16 heavy (non-hydrogen) atoms. The van der Waals surface area contributed by atoms with E-state index in [4.69, 9.17) is 0 Å². The minimum atomic E-state index is -5.51.